The molecule has 3 heterocycles. The van der Waals surface area contributed by atoms with Gasteiger partial charge in [-0.15, -0.1) is 11.3 Å². The maximum atomic E-state index is 13.0. The fourth-order valence-electron chi connectivity index (χ4n) is 4.08. The minimum Gasteiger partial charge on any atom is -0.378 e. The van der Waals surface area contributed by atoms with Gasteiger partial charge in [-0.05, 0) is 29.3 Å². The average Bonchev–Trinajstić information content (AvgIpc) is 3.32. The van der Waals surface area contributed by atoms with E-state index >= 15 is 0 Å². The number of amides is 1. The van der Waals surface area contributed by atoms with Crippen molar-refractivity contribution in [2.75, 3.05) is 38.3 Å². The third-order valence-corrected chi connectivity index (χ3v) is 7.13. The Morgan fingerprint density at radius 3 is 2.56 bits per heavy atom. The molecule has 7 nitrogen and oxygen atoms in total. The first-order valence-electron chi connectivity index (χ1n) is 11.3. The molecule has 2 aromatic heterocycles. The van der Waals surface area contributed by atoms with Gasteiger partial charge in [-0.25, -0.2) is 4.98 Å². The quantitative estimate of drug-likeness (QED) is 0.427. The van der Waals surface area contributed by atoms with E-state index in [2.05, 4.69) is 22.0 Å². The highest BCUT2D eigenvalue weighted by Crippen LogP contribution is 2.30. The van der Waals surface area contributed by atoms with Crippen molar-refractivity contribution in [1.29, 1.82) is 0 Å². The summed E-state index contributed by atoms with van der Waals surface area (Å²) in [5.41, 5.74) is 3.06. The number of aromatic nitrogens is 2. The van der Waals surface area contributed by atoms with Crippen LogP contribution in [0.1, 0.15) is 5.56 Å². The van der Waals surface area contributed by atoms with Crippen LogP contribution in [0.4, 0.5) is 5.69 Å². The predicted octanol–water partition coefficient (Wildman–Crippen LogP) is 3.62. The Labute approximate surface area is 201 Å². The van der Waals surface area contributed by atoms with Gasteiger partial charge in [-0.3, -0.25) is 14.2 Å². The molecular weight excluding hydrogens is 448 g/mol. The lowest BCUT2D eigenvalue weighted by Crippen LogP contribution is -2.36. The highest BCUT2D eigenvalue weighted by molar-refractivity contribution is 7.21. The van der Waals surface area contributed by atoms with Crippen molar-refractivity contribution < 1.29 is 9.53 Å². The van der Waals surface area contributed by atoms with E-state index in [-0.39, 0.29) is 18.0 Å². The number of likely N-dealkylation sites (N-methyl/N-ethyl adjacent to an activating group) is 1. The molecule has 0 aliphatic carbocycles. The Bertz CT molecular complexity index is 1340. The Morgan fingerprint density at radius 2 is 1.82 bits per heavy atom. The molecule has 0 spiro atoms. The Hall–Kier alpha value is -3.49. The lowest BCUT2D eigenvalue weighted by atomic mass is 10.1. The zero-order chi connectivity index (χ0) is 23.5. The van der Waals surface area contributed by atoms with E-state index in [0.29, 0.717) is 16.8 Å². The van der Waals surface area contributed by atoms with Crippen molar-refractivity contribution in [3.05, 3.63) is 82.9 Å². The number of carbonyl (C=O) groups excluding carboxylic acids is 1. The number of carbonyl (C=O) groups is 1. The molecule has 1 amide bonds. The van der Waals surface area contributed by atoms with Crippen LogP contribution in [0.5, 0.6) is 0 Å². The summed E-state index contributed by atoms with van der Waals surface area (Å²) < 4.78 is 6.81. The summed E-state index contributed by atoms with van der Waals surface area (Å²) in [6.45, 7) is 3.71. The second kappa shape index (κ2) is 9.79. The second-order valence-electron chi connectivity index (χ2n) is 8.39. The molecule has 0 unspecified atom stereocenters. The summed E-state index contributed by atoms with van der Waals surface area (Å²) in [6.07, 6.45) is 1.47. The number of fused-ring (bicyclic) bond motifs is 1. The first kappa shape index (κ1) is 22.3. The number of ether oxygens (including phenoxy) is 1. The van der Waals surface area contributed by atoms with Crippen LogP contribution >= 0.6 is 11.3 Å². The van der Waals surface area contributed by atoms with Gasteiger partial charge >= 0.3 is 0 Å². The molecule has 2 aromatic carbocycles. The lowest BCUT2D eigenvalue weighted by Gasteiger charge is -2.29. The van der Waals surface area contributed by atoms with Crippen molar-refractivity contribution in [2.45, 2.75) is 13.1 Å². The Morgan fingerprint density at radius 1 is 1.09 bits per heavy atom. The molecule has 1 saturated heterocycles. The van der Waals surface area contributed by atoms with Crippen LogP contribution < -0.4 is 10.5 Å². The van der Waals surface area contributed by atoms with E-state index in [0.717, 1.165) is 48.0 Å². The van der Waals surface area contributed by atoms with Crippen molar-refractivity contribution in [3.63, 3.8) is 0 Å². The fraction of sp³-hybridized carbons (Fsp3) is 0.269. The topological polar surface area (TPSA) is 67.7 Å². The van der Waals surface area contributed by atoms with Gasteiger partial charge < -0.3 is 14.5 Å². The zero-order valence-corrected chi connectivity index (χ0v) is 19.8. The minimum absolute atomic E-state index is 0.0410. The van der Waals surface area contributed by atoms with Crippen LogP contribution in [0, 0.1) is 0 Å². The van der Waals surface area contributed by atoms with Crippen LogP contribution in [-0.2, 0) is 22.6 Å². The van der Waals surface area contributed by atoms with Gasteiger partial charge in [0.25, 0.3) is 5.56 Å². The first-order valence-corrected chi connectivity index (χ1v) is 12.1. The van der Waals surface area contributed by atoms with Gasteiger partial charge in [-0.2, -0.15) is 0 Å². The van der Waals surface area contributed by atoms with Gasteiger partial charge in [0, 0.05) is 37.2 Å². The van der Waals surface area contributed by atoms with Crippen LogP contribution in [0.3, 0.4) is 0 Å². The molecule has 4 aromatic rings. The Kier molecular flexibility index (Phi) is 6.42. The summed E-state index contributed by atoms with van der Waals surface area (Å²) in [5, 5.41) is 0.542. The van der Waals surface area contributed by atoms with Crippen molar-refractivity contribution >= 4 is 33.1 Å². The van der Waals surface area contributed by atoms with E-state index in [1.54, 1.807) is 11.9 Å². The van der Waals surface area contributed by atoms with Gasteiger partial charge in [-0.1, -0.05) is 42.5 Å². The predicted molar refractivity (Wildman–Crippen MR) is 135 cm³/mol. The maximum Gasteiger partial charge on any atom is 0.262 e. The molecule has 0 saturated carbocycles. The molecular formula is C26H26N4O3S. The van der Waals surface area contributed by atoms with Gasteiger partial charge in [0.1, 0.15) is 11.4 Å². The van der Waals surface area contributed by atoms with Crippen LogP contribution in [-0.4, -0.2) is 53.7 Å². The molecule has 0 atom stereocenters. The Balaban J connectivity index is 1.26. The second-order valence-corrected chi connectivity index (χ2v) is 9.42. The molecule has 1 aliphatic rings. The minimum atomic E-state index is -0.194. The fourth-order valence-corrected chi connectivity index (χ4v) is 5.07. The molecule has 8 heteroatoms. The van der Waals surface area contributed by atoms with Gasteiger partial charge in [0.2, 0.25) is 5.91 Å². The number of morpholine rings is 1. The molecule has 5 rings (SSSR count). The van der Waals surface area contributed by atoms with Crippen molar-refractivity contribution in [3.8, 4) is 10.4 Å². The molecule has 34 heavy (non-hydrogen) atoms. The number of anilines is 1. The van der Waals surface area contributed by atoms with E-state index in [4.69, 9.17) is 4.74 Å². The van der Waals surface area contributed by atoms with Crippen molar-refractivity contribution in [2.24, 2.45) is 0 Å². The van der Waals surface area contributed by atoms with Crippen LogP contribution in [0.15, 0.2) is 71.8 Å². The van der Waals surface area contributed by atoms with E-state index in [9.17, 15) is 9.59 Å². The summed E-state index contributed by atoms with van der Waals surface area (Å²) in [5.74, 6) is -0.140. The normalized spacial score (nSPS) is 13.9. The number of hydrogen-bond donors (Lipinski definition) is 0. The largest absolute Gasteiger partial charge is 0.378 e. The summed E-state index contributed by atoms with van der Waals surface area (Å²) in [7, 11) is 1.76. The monoisotopic (exact) mass is 474 g/mol. The SMILES string of the molecule is CN(Cc1ccc(N2CCOCC2)cc1)C(=O)Cn1cnc2sc(-c3ccccc3)cc2c1=O. The van der Waals surface area contributed by atoms with Crippen LogP contribution in [0.25, 0.3) is 20.7 Å². The number of benzene rings is 2. The first-order chi connectivity index (χ1) is 16.6. The van der Waals surface area contributed by atoms with Gasteiger partial charge in [0.15, 0.2) is 0 Å². The van der Waals surface area contributed by atoms with E-state index in [1.807, 2.05) is 48.5 Å². The summed E-state index contributed by atoms with van der Waals surface area (Å²) >= 11 is 1.48. The standard InChI is InChI=1S/C26H26N4O3S/c1-28(16-19-7-9-21(10-8-19)29-11-13-33-14-12-29)24(31)17-30-18-27-25-22(26(30)32)15-23(34-25)20-5-3-2-4-6-20/h2-10,15,18H,11-14,16-17H2,1H3. The molecule has 0 bridgehead atoms. The third-order valence-electron chi connectivity index (χ3n) is 6.04. The van der Waals surface area contributed by atoms with Gasteiger partial charge in [0.05, 0.1) is 24.9 Å². The number of nitrogens with zero attached hydrogens (tertiary/aromatic N) is 4. The summed E-state index contributed by atoms with van der Waals surface area (Å²) in [6, 6.07) is 20.0. The highest BCUT2D eigenvalue weighted by Gasteiger charge is 2.16. The number of rotatable bonds is 6. The lowest BCUT2D eigenvalue weighted by molar-refractivity contribution is -0.131. The van der Waals surface area contributed by atoms with E-state index < -0.39 is 0 Å². The highest BCUT2D eigenvalue weighted by atomic mass is 32.1. The number of thiophene rings is 1. The molecule has 1 fully saturated rings. The van der Waals surface area contributed by atoms with Crippen LogP contribution in [0.2, 0.25) is 0 Å². The molecule has 0 radical (unpaired) electrons. The maximum absolute atomic E-state index is 13.0. The van der Waals surface area contributed by atoms with E-state index in [1.165, 1.54) is 22.2 Å². The zero-order valence-electron chi connectivity index (χ0n) is 19.0. The molecule has 1 aliphatic heterocycles. The molecule has 0 N–H and O–H groups in total. The third kappa shape index (κ3) is 4.73. The smallest absolute Gasteiger partial charge is 0.262 e. The summed E-state index contributed by atoms with van der Waals surface area (Å²) in [4.78, 5) is 35.9. The molecule has 174 valence electrons. The van der Waals surface area contributed by atoms with Crippen molar-refractivity contribution in [1.82, 2.24) is 14.5 Å². The average molecular weight is 475 g/mol. The number of hydrogen-bond acceptors (Lipinski definition) is 6.